The van der Waals surface area contributed by atoms with Crippen molar-refractivity contribution in [2.45, 2.75) is 64.7 Å². The van der Waals surface area contributed by atoms with E-state index in [9.17, 15) is 0 Å². The highest BCUT2D eigenvalue weighted by Crippen LogP contribution is 2.37. The summed E-state index contributed by atoms with van der Waals surface area (Å²) in [5.41, 5.74) is 0. The molecular weight excluding hydrogens is 537 g/mol. The molecule has 0 aliphatic carbocycles. The molecule has 0 radical (unpaired) electrons. The van der Waals surface area contributed by atoms with Gasteiger partial charge in [0.25, 0.3) is 8.32 Å². The largest absolute Gasteiger partial charge is 0.414 e. The molecule has 0 amide bonds. The first kappa shape index (κ1) is 34.8. The highest BCUT2D eigenvalue weighted by atomic mass is 28.4. The summed E-state index contributed by atoms with van der Waals surface area (Å²) in [5.74, 6) is 0. The van der Waals surface area contributed by atoms with Crippen LogP contribution in [0.5, 0.6) is 0 Å². The summed E-state index contributed by atoms with van der Waals surface area (Å²) >= 11 is 0. The van der Waals surface area contributed by atoms with Gasteiger partial charge in [-0.1, -0.05) is 102 Å². The molecule has 0 aliphatic heterocycles. The Morgan fingerprint density at radius 1 is 0.450 bits per heavy atom. The normalized spacial score (nSPS) is 13.1. The first-order chi connectivity index (χ1) is 18.9. The van der Waals surface area contributed by atoms with E-state index in [1.807, 2.05) is 0 Å². The maximum Gasteiger partial charge on any atom is 0.261 e. The van der Waals surface area contributed by atoms with Gasteiger partial charge in [-0.05, 0) is 33.5 Å². The Hall–Kier alpha value is -1.37. The van der Waals surface area contributed by atoms with Crippen LogP contribution >= 0.6 is 0 Å². The zero-order chi connectivity index (χ0) is 29.5. The van der Waals surface area contributed by atoms with Crippen LogP contribution in [0, 0.1) is 0 Å². The molecular formula is C32H54O6Si2. The standard InChI is InChI=1S/C32H54O6Si2/c1-31(2,3)39(7,8)37-27-25-35-23-21-33-19-20-34-22-24-36-26-28-38-40(32(4,5)6,29-15-11-9-12-16-29)30-17-13-10-14-18-30/h9-18H,19-28H2,1-8H3. The van der Waals surface area contributed by atoms with Crippen molar-refractivity contribution in [3.63, 3.8) is 0 Å². The van der Waals surface area contributed by atoms with Gasteiger partial charge in [0.15, 0.2) is 8.32 Å². The number of hydrogen-bond donors (Lipinski definition) is 0. The molecule has 0 aliphatic rings. The number of rotatable bonds is 19. The van der Waals surface area contributed by atoms with Crippen LogP contribution < -0.4 is 10.4 Å². The van der Waals surface area contributed by atoms with Crippen molar-refractivity contribution in [3.8, 4) is 0 Å². The Labute approximate surface area is 245 Å². The van der Waals surface area contributed by atoms with Gasteiger partial charge < -0.3 is 27.8 Å². The second kappa shape index (κ2) is 16.9. The predicted octanol–water partition coefficient (Wildman–Crippen LogP) is 5.65. The molecule has 40 heavy (non-hydrogen) atoms. The van der Waals surface area contributed by atoms with Gasteiger partial charge in [0.1, 0.15) is 0 Å². The first-order valence-corrected chi connectivity index (χ1v) is 19.4. The summed E-state index contributed by atoms with van der Waals surface area (Å²) in [5, 5.41) is 2.74. The SMILES string of the molecule is CC(C)(C)[Si](C)(C)OCCOCCOCCOCCOCCO[Si](c1ccccc1)(c1ccccc1)C(C)(C)C. The molecule has 6 nitrogen and oxygen atoms in total. The Morgan fingerprint density at radius 2 is 0.775 bits per heavy atom. The molecule has 8 heteroatoms. The maximum atomic E-state index is 6.84. The van der Waals surface area contributed by atoms with Crippen LogP contribution in [0.4, 0.5) is 0 Å². The summed E-state index contributed by atoms with van der Waals surface area (Å²) in [6, 6.07) is 21.4. The first-order valence-electron chi connectivity index (χ1n) is 14.6. The van der Waals surface area contributed by atoms with Crippen LogP contribution in [-0.2, 0) is 27.8 Å². The van der Waals surface area contributed by atoms with E-state index in [-0.39, 0.29) is 10.1 Å². The average Bonchev–Trinajstić information content (AvgIpc) is 2.90. The van der Waals surface area contributed by atoms with Crippen molar-refractivity contribution in [2.75, 3.05) is 66.1 Å². The molecule has 0 bridgehead atoms. The van der Waals surface area contributed by atoms with Crippen LogP contribution in [0.1, 0.15) is 41.5 Å². The average molecular weight is 591 g/mol. The summed E-state index contributed by atoms with van der Waals surface area (Å²) in [7, 11) is -4.21. The Morgan fingerprint density at radius 3 is 1.10 bits per heavy atom. The van der Waals surface area contributed by atoms with Crippen LogP contribution in [0.2, 0.25) is 23.2 Å². The van der Waals surface area contributed by atoms with Crippen LogP contribution in [0.15, 0.2) is 60.7 Å². The number of benzene rings is 2. The van der Waals surface area contributed by atoms with Crippen molar-refractivity contribution < 1.29 is 27.8 Å². The quantitative estimate of drug-likeness (QED) is 0.156. The summed E-state index contributed by atoms with van der Waals surface area (Å²) in [6.45, 7) is 23.7. The van der Waals surface area contributed by atoms with E-state index in [0.717, 1.165) is 0 Å². The fraction of sp³-hybridized carbons (Fsp3) is 0.625. The van der Waals surface area contributed by atoms with Gasteiger partial charge in [0, 0.05) is 0 Å². The highest BCUT2D eigenvalue weighted by molar-refractivity contribution is 6.99. The fourth-order valence-electron chi connectivity index (χ4n) is 4.35. The minimum absolute atomic E-state index is 0.0393. The van der Waals surface area contributed by atoms with E-state index in [1.54, 1.807) is 0 Å². The monoisotopic (exact) mass is 590 g/mol. The molecule has 0 saturated heterocycles. The topological polar surface area (TPSA) is 55.4 Å². The van der Waals surface area contributed by atoms with Crippen molar-refractivity contribution in [2.24, 2.45) is 0 Å². The molecule has 0 heterocycles. The lowest BCUT2D eigenvalue weighted by Crippen LogP contribution is -2.66. The number of hydrogen-bond acceptors (Lipinski definition) is 6. The molecule has 0 unspecified atom stereocenters. The highest BCUT2D eigenvalue weighted by Gasteiger charge is 2.50. The smallest absolute Gasteiger partial charge is 0.261 e. The van der Waals surface area contributed by atoms with Gasteiger partial charge in [-0.3, -0.25) is 0 Å². The van der Waals surface area contributed by atoms with Gasteiger partial charge in [0.2, 0.25) is 0 Å². The zero-order valence-corrected chi connectivity index (χ0v) is 28.3. The minimum Gasteiger partial charge on any atom is -0.414 e. The summed E-state index contributed by atoms with van der Waals surface area (Å²) in [6.07, 6.45) is 0. The summed E-state index contributed by atoms with van der Waals surface area (Å²) < 4.78 is 35.7. The lowest BCUT2D eigenvalue weighted by atomic mass is 10.2. The minimum atomic E-state index is -2.51. The Balaban J connectivity index is 1.59. The molecule has 0 N–H and O–H groups in total. The number of ether oxygens (including phenoxy) is 4. The van der Waals surface area contributed by atoms with E-state index < -0.39 is 16.6 Å². The lowest BCUT2D eigenvalue weighted by molar-refractivity contribution is -0.00764. The third kappa shape index (κ3) is 10.8. The zero-order valence-electron chi connectivity index (χ0n) is 26.3. The lowest BCUT2D eigenvalue weighted by Gasteiger charge is -2.43. The molecule has 226 valence electrons. The molecule has 0 atom stereocenters. The van der Waals surface area contributed by atoms with E-state index >= 15 is 0 Å². The van der Waals surface area contributed by atoms with Crippen molar-refractivity contribution >= 4 is 27.0 Å². The van der Waals surface area contributed by atoms with Crippen LogP contribution in [-0.4, -0.2) is 82.7 Å². The molecule has 2 aromatic rings. The third-order valence-electron chi connectivity index (χ3n) is 7.58. The molecule has 0 saturated carbocycles. The van der Waals surface area contributed by atoms with E-state index in [0.29, 0.717) is 66.1 Å². The second-order valence-electron chi connectivity index (χ2n) is 12.6. The van der Waals surface area contributed by atoms with Gasteiger partial charge in [-0.25, -0.2) is 0 Å². The fourth-order valence-corrected chi connectivity index (χ4v) is 9.92. The van der Waals surface area contributed by atoms with Crippen LogP contribution in [0.25, 0.3) is 0 Å². The van der Waals surface area contributed by atoms with Crippen molar-refractivity contribution in [1.82, 2.24) is 0 Å². The van der Waals surface area contributed by atoms with Crippen molar-refractivity contribution in [3.05, 3.63) is 60.7 Å². The summed E-state index contributed by atoms with van der Waals surface area (Å²) in [4.78, 5) is 0. The third-order valence-corrected chi connectivity index (χ3v) is 17.2. The molecule has 2 aromatic carbocycles. The van der Waals surface area contributed by atoms with Crippen molar-refractivity contribution in [1.29, 1.82) is 0 Å². The van der Waals surface area contributed by atoms with Crippen LogP contribution in [0.3, 0.4) is 0 Å². The van der Waals surface area contributed by atoms with E-state index in [1.165, 1.54) is 10.4 Å². The van der Waals surface area contributed by atoms with Gasteiger partial charge in [0.05, 0.1) is 66.1 Å². The molecule has 2 rings (SSSR count). The molecule has 0 fully saturated rings. The molecule has 0 aromatic heterocycles. The Bertz CT molecular complexity index is 886. The second-order valence-corrected chi connectivity index (χ2v) is 21.7. The molecule has 0 spiro atoms. The van der Waals surface area contributed by atoms with E-state index in [4.69, 9.17) is 27.8 Å². The Kier molecular flexibility index (Phi) is 14.7. The van der Waals surface area contributed by atoms with E-state index in [2.05, 4.69) is 115 Å². The predicted molar refractivity (Wildman–Crippen MR) is 170 cm³/mol. The van der Waals surface area contributed by atoms with Gasteiger partial charge in [-0.15, -0.1) is 0 Å². The maximum absolute atomic E-state index is 6.84. The van der Waals surface area contributed by atoms with Gasteiger partial charge in [-0.2, -0.15) is 0 Å². The van der Waals surface area contributed by atoms with Gasteiger partial charge >= 0.3 is 0 Å².